The fraction of sp³-hybridized carbons (Fsp3) is 0.400. The molecule has 2 aliphatic rings. The smallest absolute Gasteiger partial charge is 0.127 e. The van der Waals surface area contributed by atoms with Crippen molar-refractivity contribution in [1.82, 2.24) is 10.2 Å². The maximum Gasteiger partial charge on any atom is 0.127 e. The Morgan fingerprint density at radius 2 is 1.48 bits per heavy atom. The molecule has 1 N–H and O–H groups in total. The molecule has 2 aromatic carbocycles. The maximum atomic E-state index is 5.88. The van der Waals surface area contributed by atoms with Gasteiger partial charge in [-0.1, -0.05) is 30.3 Å². The zero-order valence-corrected chi connectivity index (χ0v) is 13.4. The number of nitrogens with one attached hydrogen (secondary N) is 1. The van der Waals surface area contributed by atoms with Crippen LogP contribution in [0.25, 0.3) is 0 Å². The molecule has 0 unspecified atom stereocenters. The first-order valence-corrected chi connectivity index (χ1v) is 8.66. The molecule has 0 saturated carbocycles. The van der Waals surface area contributed by atoms with Crippen molar-refractivity contribution < 1.29 is 4.74 Å². The van der Waals surface area contributed by atoms with Gasteiger partial charge in [0, 0.05) is 19.1 Å². The van der Waals surface area contributed by atoms with Crippen LogP contribution in [0.3, 0.4) is 0 Å². The fourth-order valence-corrected chi connectivity index (χ4v) is 3.56. The second-order valence-corrected chi connectivity index (χ2v) is 6.61. The second-order valence-electron chi connectivity index (χ2n) is 6.61. The summed E-state index contributed by atoms with van der Waals surface area (Å²) in [4.78, 5) is 2.65. The Kier molecular flexibility index (Phi) is 4.31. The molecule has 0 spiro atoms. The van der Waals surface area contributed by atoms with Gasteiger partial charge in [0.05, 0.1) is 0 Å². The molecule has 2 heterocycles. The van der Waals surface area contributed by atoms with E-state index in [0.29, 0.717) is 5.92 Å². The Bertz CT molecular complexity index is 614. The van der Waals surface area contributed by atoms with Gasteiger partial charge >= 0.3 is 0 Å². The quantitative estimate of drug-likeness (QED) is 0.933. The van der Waals surface area contributed by atoms with Crippen molar-refractivity contribution in [3.8, 4) is 11.5 Å². The summed E-state index contributed by atoms with van der Waals surface area (Å²) >= 11 is 0. The minimum atomic E-state index is 0.699. The van der Waals surface area contributed by atoms with Crippen molar-refractivity contribution in [3.63, 3.8) is 0 Å². The second kappa shape index (κ2) is 6.73. The van der Waals surface area contributed by atoms with Gasteiger partial charge < -0.3 is 10.1 Å². The van der Waals surface area contributed by atoms with E-state index in [4.69, 9.17) is 4.74 Å². The number of hydrogen-bond acceptors (Lipinski definition) is 3. The van der Waals surface area contributed by atoms with Crippen LogP contribution in [-0.2, 0) is 0 Å². The summed E-state index contributed by atoms with van der Waals surface area (Å²) in [5, 5.41) is 3.37. The van der Waals surface area contributed by atoms with Crippen LogP contribution in [0.4, 0.5) is 0 Å². The third-order valence-corrected chi connectivity index (χ3v) is 5.14. The van der Waals surface area contributed by atoms with E-state index in [9.17, 15) is 0 Å². The van der Waals surface area contributed by atoms with E-state index < -0.39 is 0 Å². The monoisotopic (exact) mass is 308 g/mol. The van der Waals surface area contributed by atoms with Crippen molar-refractivity contribution in [1.29, 1.82) is 0 Å². The van der Waals surface area contributed by atoms with Gasteiger partial charge in [-0.3, -0.25) is 4.90 Å². The minimum Gasteiger partial charge on any atom is -0.457 e. The lowest BCUT2D eigenvalue weighted by Gasteiger charge is -2.42. The SMILES string of the molecule is c1ccc(Oc2ccc(C3CCN(C4CNC4)CC3)cc2)cc1. The first-order valence-electron chi connectivity index (χ1n) is 8.66. The number of ether oxygens (including phenoxy) is 1. The number of nitrogens with zero attached hydrogens (tertiary/aromatic N) is 1. The largest absolute Gasteiger partial charge is 0.457 e. The number of hydrogen-bond donors (Lipinski definition) is 1. The highest BCUT2D eigenvalue weighted by Gasteiger charge is 2.28. The standard InChI is InChI=1S/C20H24N2O/c1-2-4-19(5-3-1)23-20-8-6-16(7-9-20)17-10-12-22(13-11-17)18-14-21-15-18/h1-9,17-18,21H,10-15H2. The third kappa shape index (κ3) is 3.41. The van der Waals surface area contributed by atoms with Gasteiger partial charge in [0.1, 0.15) is 11.5 Å². The van der Waals surface area contributed by atoms with Gasteiger partial charge in [0.15, 0.2) is 0 Å². The van der Waals surface area contributed by atoms with E-state index in [0.717, 1.165) is 17.5 Å². The highest BCUT2D eigenvalue weighted by molar-refractivity contribution is 5.34. The van der Waals surface area contributed by atoms with Crippen molar-refractivity contribution >= 4 is 0 Å². The third-order valence-electron chi connectivity index (χ3n) is 5.14. The lowest BCUT2D eigenvalue weighted by Crippen LogP contribution is -2.58. The van der Waals surface area contributed by atoms with E-state index in [-0.39, 0.29) is 0 Å². The predicted molar refractivity (Wildman–Crippen MR) is 93.2 cm³/mol. The molecule has 0 aliphatic carbocycles. The first-order chi connectivity index (χ1) is 11.4. The van der Waals surface area contributed by atoms with E-state index in [1.54, 1.807) is 0 Å². The van der Waals surface area contributed by atoms with E-state index in [2.05, 4.69) is 34.5 Å². The number of rotatable bonds is 4. The summed E-state index contributed by atoms with van der Waals surface area (Å²) in [5.74, 6) is 2.51. The number of likely N-dealkylation sites (tertiary alicyclic amines) is 1. The van der Waals surface area contributed by atoms with Crippen LogP contribution in [-0.4, -0.2) is 37.1 Å². The summed E-state index contributed by atoms with van der Waals surface area (Å²) in [6.45, 7) is 4.82. The van der Waals surface area contributed by atoms with Gasteiger partial charge in [-0.15, -0.1) is 0 Å². The Labute approximate surface area is 138 Å². The van der Waals surface area contributed by atoms with Crippen LogP contribution < -0.4 is 10.1 Å². The maximum absolute atomic E-state index is 5.88. The fourth-order valence-electron chi connectivity index (χ4n) is 3.56. The van der Waals surface area contributed by atoms with Gasteiger partial charge in [-0.2, -0.15) is 0 Å². The Morgan fingerprint density at radius 1 is 0.826 bits per heavy atom. The molecule has 2 aliphatic heterocycles. The van der Waals surface area contributed by atoms with E-state index in [1.165, 1.54) is 44.6 Å². The van der Waals surface area contributed by atoms with Gasteiger partial charge in [-0.05, 0) is 61.7 Å². The summed E-state index contributed by atoms with van der Waals surface area (Å²) in [6.07, 6.45) is 2.55. The molecule has 120 valence electrons. The lowest BCUT2D eigenvalue weighted by atomic mass is 9.88. The van der Waals surface area contributed by atoms with Gasteiger partial charge in [0.25, 0.3) is 0 Å². The lowest BCUT2D eigenvalue weighted by molar-refractivity contribution is 0.113. The number of piperidine rings is 1. The average molecular weight is 308 g/mol. The van der Waals surface area contributed by atoms with Crippen molar-refractivity contribution in [2.24, 2.45) is 0 Å². The predicted octanol–water partition coefficient (Wildman–Crippen LogP) is 3.63. The molecule has 3 heteroatoms. The van der Waals surface area contributed by atoms with Crippen molar-refractivity contribution in [2.45, 2.75) is 24.8 Å². The van der Waals surface area contributed by atoms with Crippen molar-refractivity contribution in [3.05, 3.63) is 60.2 Å². The molecule has 0 aromatic heterocycles. The average Bonchev–Trinajstić information content (AvgIpc) is 2.56. The summed E-state index contributed by atoms with van der Waals surface area (Å²) in [6, 6.07) is 19.4. The molecule has 4 rings (SSSR count). The Balaban J connectivity index is 1.35. The minimum absolute atomic E-state index is 0.699. The molecule has 23 heavy (non-hydrogen) atoms. The Hall–Kier alpha value is -1.84. The topological polar surface area (TPSA) is 24.5 Å². The molecule has 0 radical (unpaired) electrons. The van der Waals surface area contributed by atoms with Crippen LogP contribution in [0.2, 0.25) is 0 Å². The van der Waals surface area contributed by atoms with Crippen LogP contribution in [0, 0.1) is 0 Å². The van der Waals surface area contributed by atoms with Crippen LogP contribution >= 0.6 is 0 Å². The molecule has 0 atom stereocenters. The first kappa shape index (κ1) is 14.7. The molecule has 0 bridgehead atoms. The highest BCUT2D eigenvalue weighted by atomic mass is 16.5. The van der Waals surface area contributed by atoms with Crippen LogP contribution in [0.15, 0.2) is 54.6 Å². The van der Waals surface area contributed by atoms with E-state index >= 15 is 0 Å². The summed E-state index contributed by atoms with van der Waals surface area (Å²) in [7, 11) is 0. The molecular weight excluding hydrogens is 284 g/mol. The highest BCUT2D eigenvalue weighted by Crippen LogP contribution is 2.31. The normalized spacial score (nSPS) is 20.2. The molecule has 2 fully saturated rings. The van der Waals surface area contributed by atoms with E-state index in [1.807, 2.05) is 30.3 Å². The molecular formula is C20H24N2O. The summed E-state index contributed by atoms with van der Waals surface area (Å²) in [5.41, 5.74) is 1.46. The molecule has 0 amide bonds. The van der Waals surface area contributed by atoms with Gasteiger partial charge in [0.2, 0.25) is 0 Å². The van der Waals surface area contributed by atoms with Crippen LogP contribution in [0.5, 0.6) is 11.5 Å². The van der Waals surface area contributed by atoms with Crippen LogP contribution in [0.1, 0.15) is 24.3 Å². The van der Waals surface area contributed by atoms with Crippen molar-refractivity contribution in [2.75, 3.05) is 26.2 Å². The molecule has 2 aromatic rings. The summed E-state index contributed by atoms with van der Waals surface area (Å²) < 4.78 is 5.88. The molecule has 2 saturated heterocycles. The zero-order valence-electron chi connectivity index (χ0n) is 13.4. The number of para-hydroxylation sites is 1. The Morgan fingerprint density at radius 3 is 2.09 bits per heavy atom. The molecule has 3 nitrogen and oxygen atoms in total. The zero-order chi connectivity index (χ0) is 15.5. The number of benzene rings is 2. The van der Waals surface area contributed by atoms with Gasteiger partial charge in [-0.25, -0.2) is 0 Å².